The summed E-state index contributed by atoms with van der Waals surface area (Å²) >= 11 is 0. The van der Waals surface area contributed by atoms with Crippen molar-refractivity contribution in [3.8, 4) is 0 Å². The number of hydrogen-bond acceptors (Lipinski definition) is 3. The highest BCUT2D eigenvalue weighted by atomic mass is 31.1. The first-order valence-electron chi connectivity index (χ1n) is 4.23. The van der Waals surface area contributed by atoms with Gasteiger partial charge in [0.15, 0.2) is 6.16 Å². The maximum absolute atomic E-state index is 10.9. The lowest BCUT2D eigenvalue weighted by Crippen LogP contribution is -2.18. The standard InChI is InChI=1S/C8H15O4P/c1-6(2)3-7(8(10)11)4-13(12)5-9/h6-7,9H,3-5H2,1-2H3/p+1. The summed E-state index contributed by atoms with van der Waals surface area (Å²) in [5, 5.41) is 17.3. The Balaban J connectivity index is 4.10. The molecule has 0 heterocycles. The van der Waals surface area contributed by atoms with Gasteiger partial charge in [0, 0.05) is 0 Å². The van der Waals surface area contributed by atoms with Gasteiger partial charge in [0.25, 0.3) is 0 Å². The SMILES string of the molecule is CC(C)CC(C[P+](=O)CO)C(=O)O. The molecule has 0 spiro atoms. The molecule has 0 saturated carbocycles. The fourth-order valence-corrected chi connectivity index (χ4v) is 2.04. The predicted octanol–water partition coefficient (Wildman–Crippen LogP) is 1.51. The van der Waals surface area contributed by atoms with E-state index >= 15 is 0 Å². The van der Waals surface area contributed by atoms with E-state index in [-0.39, 0.29) is 12.1 Å². The molecule has 76 valence electrons. The van der Waals surface area contributed by atoms with Crippen molar-refractivity contribution in [1.29, 1.82) is 0 Å². The van der Waals surface area contributed by atoms with Crippen molar-refractivity contribution < 1.29 is 19.6 Å². The Morgan fingerprint density at radius 3 is 2.31 bits per heavy atom. The Morgan fingerprint density at radius 1 is 1.46 bits per heavy atom. The third kappa shape index (κ3) is 5.72. The van der Waals surface area contributed by atoms with Crippen LogP contribution in [-0.2, 0) is 9.36 Å². The molecule has 0 aromatic carbocycles. The fourth-order valence-electron chi connectivity index (χ4n) is 1.13. The molecule has 0 bridgehead atoms. The van der Waals surface area contributed by atoms with Crippen LogP contribution in [0.5, 0.6) is 0 Å². The molecule has 0 aliphatic heterocycles. The van der Waals surface area contributed by atoms with E-state index in [1.165, 1.54) is 0 Å². The van der Waals surface area contributed by atoms with Crippen LogP contribution in [0.2, 0.25) is 0 Å². The maximum atomic E-state index is 10.9. The minimum Gasteiger partial charge on any atom is -0.481 e. The number of rotatable bonds is 6. The first-order valence-corrected chi connectivity index (χ1v) is 5.86. The van der Waals surface area contributed by atoms with Crippen LogP contribution in [-0.4, -0.2) is 28.7 Å². The van der Waals surface area contributed by atoms with Crippen molar-refractivity contribution in [2.75, 3.05) is 12.5 Å². The summed E-state index contributed by atoms with van der Waals surface area (Å²) < 4.78 is 10.9. The Kier molecular flexibility index (Phi) is 5.84. The van der Waals surface area contributed by atoms with Crippen molar-refractivity contribution in [2.24, 2.45) is 11.8 Å². The van der Waals surface area contributed by atoms with E-state index in [1.54, 1.807) is 0 Å². The molecule has 0 amide bonds. The number of aliphatic hydroxyl groups excluding tert-OH is 1. The summed E-state index contributed by atoms with van der Waals surface area (Å²) in [5.74, 6) is -1.25. The molecule has 2 unspecified atom stereocenters. The van der Waals surface area contributed by atoms with Crippen molar-refractivity contribution >= 4 is 13.8 Å². The molecule has 0 radical (unpaired) electrons. The monoisotopic (exact) mass is 207 g/mol. The number of carboxylic acids is 1. The molecular formula is C8H16O4P+. The molecule has 0 aromatic heterocycles. The quantitative estimate of drug-likeness (QED) is 0.647. The van der Waals surface area contributed by atoms with Gasteiger partial charge < -0.3 is 10.2 Å². The van der Waals surface area contributed by atoms with E-state index in [4.69, 9.17) is 10.2 Å². The first kappa shape index (κ1) is 12.5. The van der Waals surface area contributed by atoms with Crippen LogP contribution in [0.1, 0.15) is 20.3 Å². The van der Waals surface area contributed by atoms with Gasteiger partial charge in [0.1, 0.15) is 5.92 Å². The second kappa shape index (κ2) is 6.06. The van der Waals surface area contributed by atoms with Gasteiger partial charge in [-0.3, -0.25) is 4.79 Å². The third-order valence-corrected chi connectivity index (χ3v) is 2.85. The van der Waals surface area contributed by atoms with Crippen LogP contribution in [0.25, 0.3) is 0 Å². The molecule has 0 fully saturated rings. The Hall–Kier alpha value is -0.470. The number of aliphatic carboxylic acids is 1. The number of hydrogen-bond donors (Lipinski definition) is 2. The zero-order chi connectivity index (χ0) is 10.4. The molecule has 0 rings (SSSR count). The van der Waals surface area contributed by atoms with Gasteiger partial charge in [-0.1, -0.05) is 18.4 Å². The highest BCUT2D eigenvalue weighted by Gasteiger charge is 2.28. The van der Waals surface area contributed by atoms with Crippen LogP contribution < -0.4 is 0 Å². The normalized spacial score (nSPS) is 14.3. The third-order valence-electron chi connectivity index (χ3n) is 1.69. The van der Waals surface area contributed by atoms with Gasteiger partial charge >= 0.3 is 13.8 Å². The summed E-state index contributed by atoms with van der Waals surface area (Å²) in [4.78, 5) is 10.7. The largest absolute Gasteiger partial charge is 0.481 e. The van der Waals surface area contributed by atoms with Crippen LogP contribution in [0.4, 0.5) is 0 Å². The average molecular weight is 207 g/mol. The topological polar surface area (TPSA) is 74.6 Å². The van der Waals surface area contributed by atoms with Gasteiger partial charge in [-0.15, -0.1) is 0 Å². The number of aliphatic hydroxyl groups is 1. The van der Waals surface area contributed by atoms with Crippen LogP contribution in [0, 0.1) is 11.8 Å². The molecule has 0 aromatic rings. The molecule has 0 aliphatic carbocycles. The fraction of sp³-hybridized carbons (Fsp3) is 0.875. The van der Waals surface area contributed by atoms with Gasteiger partial charge in [0.05, 0.1) is 0 Å². The predicted molar refractivity (Wildman–Crippen MR) is 50.1 cm³/mol. The van der Waals surface area contributed by atoms with Gasteiger partial charge in [-0.25, -0.2) is 0 Å². The zero-order valence-corrected chi connectivity index (χ0v) is 8.83. The smallest absolute Gasteiger partial charge is 0.367 e. The van der Waals surface area contributed by atoms with Crippen molar-refractivity contribution in [2.45, 2.75) is 20.3 Å². The van der Waals surface area contributed by atoms with Crippen molar-refractivity contribution in [1.82, 2.24) is 0 Å². The van der Waals surface area contributed by atoms with E-state index in [9.17, 15) is 9.36 Å². The molecule has 5 heteroatoms. The molecule has 4 nitrogen and oxygen atoms in total. The van der Waals surface area contributed by atoms with E-state index in [0.717, 1.165) is 0 Å². The van der Waals surface area contributed by atoms with Gasteiger partial charge in [0.2, 0.25) is 6.35 Å². The summed E-state index contributed by atoms with van der Waals surface area (Å²) in [6.45, 7) is 3.84. The van der Waals surface area contributed by atoms with E-state index in [2.05, 4.69) is 0 Å². The molecule has 2 N–H and O–H groups in total. The van der Waals surface area contributed by atoms with Crippen LogP contribution >= 0.6 is 7.80 Å². The van der Waals surface area contributed by atoms with E-state index in [1.807, 2.05) is 13.8 Å². The Morgan fingerprint density at radius 2 is 2.00 bits per heavy atom. The van der Waals surface area contributed by atoms with Crippen molar-refractivity contribution in [3.63, 3.8) is 0 Å². The minimum atomic E-state index is -1.76. The average Bonchev–Trinajstić information content (AvgIpc) is 2.02. The lowest BCUT2D eigenvalue weighted by molar-refractivity contribution is -0.141. The highest BCUT2D eigenvalue weighted by Crippen LogP contribution is 2.26. The second-order valence-corrected chi connectivity index (χ2v) is 5.08. The van der Waals surface area contributed by atoms with E-state index < -0.39 is 26.0 Å². The molecule has 0 saturated heterocycles. The Labute approximate surface area is 78.7 Å². The van der Waals surface area contributed by atoms with Crippen molar-refractivity contribution in [3.05, 3.63) is 0 Å². The summed E-state index contributed by atoms with van der Waals surface area (Å²) in [6.07, 6.45) is 0.174. The lowest BCUT2D eigenvalue weighted by atomic mass is 9.99. The zero-order valence-electron chi connectivity index (χ0n) is 7.93. The summed E-state index contributed by atoms with van der Waals surface area (Å²) in [6, 6.07) is 0. The van der Waals surface area contributed by atoms with E-state index in [0.29, 0.717) is 6.42 Å². The summed E-state index contributed by atoms with van der Waals surface area (Å²) in [5.41, 5.74) is 0. The highest BCUT2D eigenvalue weighted by molar-refractivity contribution is 7.44. The Bertz CT molecular complexity index is 191. The molecule has 13 heavy (non-hydrogen) atoms. The van der Waals surface area contributed by atoms with Crippen LogP contribution in [0.3, 0.4) is 0 Å². The van der Waals surface area contributed by atoms with Crippen LogP contribution in [0.15, 0.2) is 0 Å². The van der Waals surface area contributed by atoms with Gasteiger partial charge in [-0.2, -0.15) is 0 Å². The minimum absolute atomic E-state index is 0.0827. The molecule has 2 atom stereocenters. The summed E-state index contributed by atoms with van der Waals surface area (Å²) in [7, 11) is -1.76. The van der Waals surface area contributed by atoms with Gasteiger partial charge in [-0.05, 0) is 12.3 Å². The molecule has 0 aliphatic rings. The first-order chi connectivity index (χ1) is 5.97. The second-order valence-electron chi connectivity index (χ2n) is 3.47. The number of carboxylic acid groups (broad SMARTS) is 1. The maximum Gasteiger partial charge on any atom is 0.367 e. The lowest BCUT2D eigenvalue weighted by Gasteiger charge is -2.08. The molecular weight excluding hydrogens is 191 g/mol. The number of carbonyl (C=O) groups is 1.